The van der Waals surface area contributed by atoms with Crippen LogP contribution in [-0.4, -0.2) is 194 Å². The lowest BCUT2D eigenvalue weighted by molar-refractivity contribution is -0.146. The summed E-state index contributed by atoms with van der Waals surface area (Å²) >= 11 is 13.2. The van der Waals surface area contributed by atoms with Gasteiger partial charge in [0.2, 0.25) is 20.0 Å². The van der Waals surface area contributed by atoms with Gasteiger partial charge >= 0.3 is 0 Å². The predicted octanol–water partition coefficient (Wildman–Crippen LogP) is 3.08. The summed E-state index contributed by atoms with van der Waals surface area (Å²) in [5.41, 5.74) is 8.24. The average molecular weight is 1170 g/mol. The second-order valence-electron chi connectivity index (χ2n) is 19.2. The summed E-state index contributed by atoms with van der Waals surface area (Å²) in [5, 5.41) is 26.6. The lowest BCUT2D eigenvalue weighted by Gasteiger charge is -2.33. The van der Waals surface area contributed by atoms with E-state index in [1.54, 1.807) is 36.4 Å². The summed E-state index contributed by atoms with van der Waals surface area (Å²) in [5.74, 6) is -1.97. The molecule has 6 N–H and O–H groups in total. The monoisotopic (exact) mass is 1160 g/mol. The van der Waals surface area contributed by atoms with Gasteiger partial charge in [0.05, 0.1) is 89.1 Å². The van der Waals surface area contributed by atoms with E-state index in [4.69, 9.17) is 51.6 Å². The lowest BCUT2D eigenvalue weighted by Crippen LogP contribution is -2.50. The van der Waals surface area contributed by atoms with E-state index in [0.717, 1.165) is 70.7 Å². The molecule has 0 unspecified atom stereocenters. The van der Waals surface area contributed by atoms with E-state index in [1.807, 2.05) is 52.2 Å². The molecular weight excluding hydrogens is 1090 g/mol. The number of aliphatic hydroxyl groups is 2. The Morgan fingerprint density at radius 2 is 0.872 bits per heavy atom. The number of rotatable bonds is 33. The normalized spacial score (nSPS) is 16.8. The number of aliphatic hydroxyl groups excluding tert-OH is 2. The standard InChI is InChI=1S/C54H74Cl2N6O14S2/c1-37-27-43-45(33-61(3)35-47(43)49(55)29-37)39-7-5-9-41(31-39)77(67,68)59-13-17-73-21-25-75-23-19-71-15-11-57-53(65)51(63)52(64)54(66)58-12-16-72-20-24-76-26-22-74-18-14-60-78(69,70)42-10-6-8-40(32-42)46-34-62(4)36-48-44(46)28-38(2)30-50(48)56/h5-10,27-32,45-46,51-52,59-60,63-64H,11-26,33-36H2,1-4H3,(H,57,65)(H,58,66)/t45-,46-,51+,52+/m0/s1. The minimum absolute atomic E-state index is 0.000549. The van der Waals surface area contributed by atoms with Gasteiger partial charge in [0.15, 0.2) is 12.2 Å². The fourth-order valence-electron chi connectivity index (χ4n) is 9.14. The third kappa shape index (κ3) is 19.0. The van der Waals surface area contributed by atoms with Gasteiger partial charge in [0, 0.05) is 74.2 Å². The van der Waals surface area contributed by atoms with Crippen LogP contribution in [0.4, 0.5) is 0 Å². The number of sulfonamides is 2. The molecule has 78 heavy (non-hydrogen) atoms. The second-order valence-corrected chi connectivity index (χ2v) is 23.6. The number of hydrogen-bond acceptors (Lipinski definition) is 16. The molecule has 0 saturated carbocycles. The Morgan fingerprint density at radius 3 is 1.23 bits per heavy atom. The van der Waals surface area contributed by atoms with Crippen molar-refractivity contribution in [1.82, 2.24) is 29.9 Å². The number of carbonyl (C=O) groups is 2. The van der Waals surface area contributed by atoms with Crippen molar-refractivity contribution >= 4 is 55.1 Å². The van der Waals surface area contributed by atoms with Crippen LogP contribution in [0, 0.1) is 13.8 Å². The Kier molecular flexibility index (Phi) is 25.2. The first-order valence-electron chi connectivity index (χ1n) is 25.9. The second kappa shape index (κ2) is 31.1. The molecule has 0 bridgehead atoms. The molecule has 2 aliphatic heterocycles. The number of benzene rings is 4. The maximum Gasteiger partial charge on any atom is 0.252 e. The van der Waals surface area contributed by atoms with Crippen LogP contribution in [-0.2, 0) is 71.1 Å². The number of likely N-dealkylation sites (N-methyl/N-ethyl adjacent to an activating group) is 2. The topological polar surface area (TPSA) is 253 Å². The maximum atomic E-state index is 13.2. The number of hydrogen-bond donors (Lipinski definition) is 6. The summed E-state index contributed by atoms with van der Waals surface area (Å²) in [6, 6.07) is 22.1. The van der Waals surface area contributed by atoms with Crippen LogP contribution >= 0.6 is 23.2 Å². The molecule has 0 radical (unpaired) electrons. The highest BCUT2D eigenvalue weighted by molar-refractivity contribution is 7.89. The van der Waals surface area contributed by atoms with Gasteiger partial charge in [-0.3, -0.25) is 9.59 Å². The number of carbonyl (C=O) groups excluding carboxylic acids is 2. The van der Waals surface area contributed by atoms with Gasteiger partial charge in [-0.15, -0.1) is 0 Å². The molecule has 0 spiro atoms. The fraction of sp³-hybridized carbons (Fsp3) is 0.519. The van der Waals surface area contributed by atoms with Crippen molar-refractivity contribution < 1.29 is 65.1 Å². The first-order valence-corrected chi connectivity index (χ1v) is 29.6. The van der Waals surface area contributed by atoms with Crippen molar-refractivity contribution in [2.24, 2.45) is 0 Å². The van der Waals surface area contributed by atoms with Gasteiger partial charge in [0.1, 0.15) is 0 Å². The van der Waals surface area contributed by atoms with Gasteiger partial charge in [-0.05, 0) is 109 Å². The van der Waals surface area contributed by atoms with E-state index in [2.05, 4.69) is 42.0 Å². The van der Waals surface area contributed by atoms with Crippen molar-refractivity contribution in [3.63, 3.8) is 0 Å². The molecule has 4 aromatic carbocycles. The molecule has 4 atom stereocenters. The molecule has 0 fully saturated rings. The van der Waals surface area contributed by atoms with E-state index in [1.165, 1.54) is 0 Å². The Labute approximate surface area is 468 Å². The molecule has 4 aromatic rings. The third-order valence-corrected chi connectivity index (χ3v) is 16.6. The highest BCUT2D eigenvalue weighted by atomic mass is 35.5. The Hall–Kier alpha value is -4.18. The van der Waals surface area contributed by atoms with Crippen LogP contribution in [0.5, 0.6) is 0 Å². The molecule has 0 saturated heterocycles. The zero-order valence-corrected chi connectivity index (χ0v) is 47.8. The Bertz CT molecular complexity index is 2640. The van der Waals surface area contributed by atoms with Gasteiger partial charge in [0.25, 0.3) is 11.8 Å². The van der Waals surface area contributed by atoms with Crippen molar-refractivity contribution in [2.75, 3.05) is 133 Å². The van der Waals surface area contributed by atoms with E-state index >= 15 is 0 Å². The zero-order chi connectivity index (χ0) is 56.2. The van der Waals surface area contributed by atoms with Crippen molar-refractivity contribution in [3.05, 3.63) is 127 Å². The summed E-state index contributed by atoms with van der Waals surface area (Å²) in [7, 11) is -3.54. The minimum Gasteiger partial charge on any atom is -0.380 e. The lowest BCUT2D eigenvalue weighted by atomic mass is 9.84. The van der Waals surface area contributed by atoms with Gasteiger partial charge in [-0.2, -0.15) is 0 Å². The Morgan fingerprint density at radius 1 is 0.538 bits per heavy atom. The molecule has 24 heteroatoms. The molecule has 2 heterocycles. The van der Waals surface area contributed by atoms with Crippen molar-refractivity contribution in [2.45, 2.75) is 60.8 Å². The molecule has 0 aromatic heterocycles. The van der Waals surface area contributed by atoms with E-state index in [-0.39, 0.29) is 127 Å². The summed E-state index contributed by atoms with van der Waals surface area (Å²) < 4.78 is 90.6. The maximum absolute atomic E-state index is 13.2. The van der Waals surface area contributed by atoms with Gasteiger partial charge < -0.3 is 59.1 Å². The molecule has 430 valence electrons. The predicted molar refractivity (Wildman–Crippen MR) is 295 cm³/mol. The van der Waals surface area contributed by atoms with Crippen LogP contribution in [0.3, 0.4) is 0 Å². The molecule has 6 rings (SSSR count). The van der Waals surface area contributed by atoms with E-state index in [9.17, 15) is 36.6 Å². The minimum atomic E-state index is -3.79. The number of ether oxygens (including phenoxy) is 6. The number of halogens is 2. The van der Waals surface area contributed by atoms with Crippen LogP contribution < -0.4 is 20.1 Å². The number of amides is 2. The zero-order valence-electron chi connectivity index (χ0n) is 44.6. The van der Waals surface area contributed by atoms with Crippen LogP contribution in [0.2, 0.25) is 10.0 Å². The highest BCUT2D eigenvalue weighted by Crippen LogP contribution is 2.39. The first kappa shape index (κ1) is 63.0. The van der Waals surface area contributed by atoms with Crippen LogP contribution in [0.1, 0.15) is 56.3 Å². The third-order valence-electron chi connectivity index (χ3n) is 13.0. The number of fused-ring (bicyclic) bond motifs is 2. The van der Waals surface area contributed by atoms with E-state index < -0.39 is 44.1 Å². The van der Waals surface area contributed by atoms with E-state index in [0.29, 0.717) is 10.0 Å². The van der Waals surface area contributed by atoms with Gasteiger partial charge in [-0.1, -0.05) is 59.6 Å². The highest BCUT2D eigenvalue weighted by Gasteiger charge is 2.31. The fourth-order valence-corrected chi connectivity index (χ4v) is 12.0. The summed E-state index contributed by atoms with van der Waals surface area (Å²) in [4.78, 5) is 29.3. The van der Waals surface area contributed by atoms with Crippen molar-refractivity contribution in [3.8, 4) is 0 Å². The molecule has 20 nitrogen and oxygen atoms in total. The van der Waals surface area contributed by atoms with Crippen molar-refractivity contribution in [1.29, 1.82) is 0 Å². The molecule has 2 aliphatic rings. The smallest absolute Gasteiger partial charge is 0.252 e. The summed E-state index contributed by atoms with van der Waals surface area (Å²) in [6.07, 6.45) is -4.03. The van der Waals surface area contributed by atoms with Crippen LogP contribution in [0.15, 0.2) is 82.6 Å². The quantitative estimate of drug-likeness (QED) is 0.0375. The number of nitrogens with one attached hydrogen (secondary N) is 4. The van der Waals surface area contributed by atoms with Crippen LogP contribution in [0.25, 0.3) is 0 Å². The largest absolute Gasteiger partial charge is 0.380 e. The number of nitrogens with zero attached hydrogens (tertiary/aromatic N) is 2. The molecular formula is C54H74Cl2N6O14S2. The van der Waals surface area contributed by atoms with Gasteiger partial charge in [-0.25, -0.2) is 26.3 Å². The average Bonchev–Trinajstić information content (AvgIpc) is 3.55. The summed E-state index contributed by atoms with van der Waals surface area (Å²) in [6.45, 7) is 9.23. The Balaban J connectivity index is 0.717. The SMILES string of the molecule is Cc1cc(Cl)c2c(c1)[C@H](c1cccc(S(=O)(=O)NCCOCCOCCOCCNC(=O)[C@H](O)[C@@H](O)C(=O)NCCOCCOCCOCCNS(=O)(=O)c3cccc([C@@H]4CN(C)Cc5c(Cl)cc(C)cc54)c3)c1)CN(C)C2. The first-order chi connectivity index (χ1) is 37.3. The molecule has 2 amide bonds. The molecule has 0 aliphatic carbocycles. The number of aryl methyl sites for hydroxylation is 2.